The molecule has 72 valence electrons. The van der Waals surface area contributed by atoms with Crippen molar-refractivity contribution in [2.75, 3.05) is 0 Å². The minimum absolute atomic E-state index is 0.407. The van der Waals surface area contributed by atoms with Crippen molar-refractivity contribution in [2.24, 2.45) is 0 Å². The Morgan fingerprint density at radius 3 is 2.79 bits per heavy atom. The number of nitrogens with one attached hydrogen (secondary N) is 1. The maximum Gasteiger partial charge on any atom is 0.121 e. The van der Waals surface area contributed by atoms with Gasteiger partial charge in [0.25, 0.3) is 0 Å². The van der Waals surface area contributed by atoms with Crippen molar-refractivity contribution >= 4 is 27.5 Å². The van der Waals surface area contributed by atoms with Crippen LogP contribution < -0.4 is 0 Å². The van der Waals surface area contributed by atoms with E-state index < -0.39 is 0 Å². The van der Waals surface area contributed by atoms with Gasteiger partial charge in [0.15, 0.2) is 0 Å². The summed E-state index contributed by atoms with van der Waals surface area (Å²) < 4.78 is 1.05. The van der Waals surface area contributed by atoms with E-state index in [1.54, 1.807) is 6.20 Å². The first-order chi connectivity index (χ1) is 6.81. The molecule has 0 atom stereocenters. The number of aromatic nitrogens is 2. The molecule has 0 bridgehead atoms. The van der Waals surface area contributed by atoms with Gasteiger partial charge in [-0.2, -0.15) is 0 Å². The van der Waals surface area contributed by atoms with Crippen molar-refractivity contribution < 1.29 is 0 Å². The molecule has 2 aromatic rings. The molecule has 0 spiro atoms. The summed E-state index contributed by atoms with van der Waals surface area (Å²) in [6, 6.07) is 7.99. The topological polar surface area (TPSA) is 28.7 Å². The molecule has 1 heterocycles. The molecule has 0 saturated carbocycles. The Hall–Kier alpha value is -0.800. The highest BCUT2D eigenvalue weighted by molar-refractivity contribution is 9.10. The summed E-state index contributed by atoms with van der Waals surface area (Å²) in [5.41, 5.74) is 2.07. The molecular weight excluding hydrogens is 263 g/mol. The average molecular weight is 272 g/mol. The van der Waals surface area contributed by atoms with Crippen LogP contribution in [0.3, 0.4) is 0 Å². The molecule has 0 aliphatic carbocycles. The number of aromatic amines is 1. The number of hydrogen-bond acceptors (Lipinski definition) is 1. The van der Waals surface area contributed by atoms with Crippen molar-refractivity contribution in [3.8, 4) is 11.3 Å². The smallest absolute Gasteiger partial charge is 0.121 e. The minimum atomic E-state index is 0.407. The molecule has 0 unspecified atom stereocenters. The molecule has 1 aromatic carbocycles. The van der Waals surface area contributed by atoms with Crippen LogP contribution in [0.25, 0.3) is 11.3 Å². The van der Waals surface area contributed by atoms with Crippen LogP contribution in [0.1, 0.15) is 5.82 Å². The van der Waals surface area contributed by atoms with Gasteiger partial charge < -0.3 is 4.98 Å². The van der Waals surface area contributed by atoms with Gasteiger partial charge in [-0.1, -0.05) is 34.1 Å². The van der Waals surface area contributed by atoms with Crippen LogP contribution in [0.15, 0.2) is 34.9 Å². The Kier molecular flexibility index (Phi) is 2.89. The maximum atomic E-state index is 5.66. The average Bonchev–Trinajstić information content (AvgIpc) is 2.67. The Bertz CT molecular complexity index is 439. The van der Waals surface area contributed by atoms with Crippen molar-refractivity contribution in [2.45, 2.75) is 5.88 Å². The van der Waals surface area contributed by atoms with Gasteiger partial charge in [-0.25, -0.2) is 4.98 Å². The Morgan fingerprint density at radius 2 is 2.14 bits per heavy atom. The van der Waals surface area contributed by atoms with Crippen LogP contribution in [0, 0.1) is 0 Å². The third-order valence-electron chi connectivity index (χ3n) is 1.92. The highest BCUT2D eigenvalue weighted by Gasteiger charge is 2.04. The molecule has 2 nitrogen and oxygen atoms in total. The van der Waals surface area contributed by atoms with Gasteiger partial charge in [-0.05, 0) is 6.07 Å². The number of H-pyrrole nitrogens is 1. The molecule has 4 heteroatoms. The van der Waals surface area contributed by atoms with E-state index in [-0.39, 0.29) is 0 Å². The van der Waals surface area contributed by atoms with Crippen molar-refractivity contribution in [3.63, 3.8) is 0 Å². The molecular formula is C10H8BrClN2. The zero-order chi connectivity index (χ0) is 9.97. The van der Waals surface area contributed by atoms with Gasteiger partial charge in [0, 0.05) is 10.0 Å². The van der Waals surface area contributed by atoms with E-state index in [1.807, 2.05) is 24.3 Å². The van der Waals surface area contributed by atoms with Crippen LogP contribution in [0.4, 0.5) is 0 Å². The maximum absolute atomic E-state index is 5.66. The van der Waals surface area contributed by atoms with Gasteiger partial charge in [0.2, 0.25) is 0 Å². The van der Waals surface area contributed by atoms with Gasteiger partial charge >= 0.3 is 0 Å². The highest BCUT2D eigenvalue weighted by atomic mass is 79.9. The summed E-state index contributed by atoms with van der Waals surface area (Å²) in [5.74, 6) is 1.20. The third-order valence-corrected chi connectivity index (χ3v) is 2.86. The first kappa shape index (κ1) is 9.74. The molecule has 2 rings (SSSR count). The largest absolute Gasteiger partial charge is 0.341 e. The lowest BCUT2D eigenvalue weighted by Crippen LogP contribution is -1.81. The lowest BCUT2D eigenvalue weighted by atomic mass is 10.2. The van der Waals surface area contributed by atoms with Gasteiger partial charge in [-0.3, -0.25) is 0 Å². The van der Waals surface area contributed by atoms with Crippen LogP contribution in [0.5, 0.6) is 0 Å². The number of imidazole rings is 1. The summed E-state index contributed by atoms with van der Waals surface area (Å²) in [4.78, 5) is 7.29. The van der Waals surface area contributed by atoms with Crippen molar-refractivity contribution in [1.29, 1.82) is 0 Å². The number of benzene rings is 1. The fourth-order valence-corrected chi connectivity index (χ4v) is 1.88. The van der Waals surface area contributed by atoms with E-state index in [1.165, 1.54) is 0 Å². The van der Waals surface area contributed by atoms with Crippen LogP contribution >= 0.6 is 27.5 Å². The zero-order valence-corrected chi connectivity index (χ0v) is 9.64. The number of hydrogen-bond donors (Lipinski definition) is 1. The minimum Gasteiger partial charge on any atom is -0.341 e. The normalized spacial score (nSPS) is 10.4. The predicted octanol–water partition coefficient (Wildman–Crippen LogP) is 3.58. The van der Waals surface area contributed by atoms with Crippen molar-refractivity contribution in [3.05, 3.63) is 40.8 Å². The van der Waals surface area contributed by atoms with E-state index in [4.69, 9.17) is 11.6 Å². The molecule has 0 amide bonds. The molecule has 0 saturated heterocycles. The van der Waals surface area contributed by atoms with Gasteiger partial charge in [0.05, 0.1) is 17.8 Å². The number of alkyl halides is 1. The lowest BCUT2D eigenvalue weighted by molar-refractivity contribution is 1.12. The van der Waals surface area contributed by atoms with Gasteiger partial charge in [-0.15, -0.1) is 11.6 Å². The summed E-state index contributed by atoms with van der Waals surface area (Å²) in [6.45, 7) is 0. The Balaban J connectivity index is 2.44. The number of rotatable bonds is 2. The first-order valence-corrected chi connectivity index (χ1v) is 5.49. The first-order valence-electron chi connectivity index (χ1n) is 4.16. The molecule has 1 aromatic heterocycles. The van der Waals surface area contributed by atoms with E-state index in [9.17, 15) is 0 Å². The zero-order valence-electron chi connectivity index (χ0n) is 7.30. The highest BCUT2D eigenvalue weighted by Crippen LogP contribution is 2.26. The SMILES string of the molecule is ClCc1ncc(-c2ccccc2Br)[nH]1. The molecule has 1 N–H and O–H groups in total. The third kappa shape index (κ3) is 1.83. The molecule has 0 aliphatic rings. The standard InChI is InChI=1S/C10H8BrClN2/c11-8-4-2-1-3-7(8)9-6-13-10(5-12)14-9/h1-4,6H,5H2,(H,13,14). The Morgan fingerprint density at radius 1 is 1.36 bits per heavy atom. The number of halogens is 2. The molecule has 0 aliphatic heterocycles. The second kappa shape index (κ2) is 4.15. The summed E-state index contributed by atoms with van der Waals surface area (Å²) in [5, 5.41) is 0. The fraction of sp³-hybridized carbons (Fsp3) is 0.100. The summed E-state index contributed by atoms with van der Waals surface area (Å²) in [6.07, 6.45) is 1.79. The predicted molar refractivity (Wildman–Crippen MR) is 61.3 cm³/mol. The van der Waals surface area contributed by atoms with Crippen LogP contribution in [0.2, 0.25) is 0 Å². The van der Waals surface area contributed by atoms with Crippen LogP contribution in [-0.4, -0.2) is 9.97 Å². The monoisotopic (exact) mass is 270 g/mol. The van der Waals surface area contributed by atoms with E-state index in [0.717, 1.165) is 21.6 Å². The van der Waals surface area contributed by atoms with E-state index in [0.29, 0.717) is 5.88 Å². The quantitative estimate of drug-likeness (QED) is 0.831. The van der Waals surface area contributed by atoms with Gasteiger partial charge in [0.1, 0.15) is 5.82 Å². The lowest BCUT2D eigenvalue weighted by Gasteiger charge is -1.99. The Labute approximate surface area is 95.5 Å². The summed E-state index contributed by atoms with van der Waals surface area (Å²) >= 11 is 9.15. The molecule has 0 fully saturated rings. The second-order valence-electron chi connectivity index (χ2n) is 2.86. The van der Waals surface area contributed by atoms with E-state index in [2.05, 4.69) is 25.9 Å². The van der Waals surface area contributed by atoms with E-state index >= 15 is 0 Å². The molecule has 0 radical (unpaired) electrons. The second-order valence-corrected chi connectivity index (χ2v) is 3.98. The number of nitrogens with zero attached hydrogens (tertiary/aromatic N) is 1. The van der Waals surface area contributed by atoms with Crippen LogP contribution in [-0.2, 0) is 5.88 Å². The van der Waals surface area contributed by atoms with Crippen molar-refractivity contribution in [1.82, 2.24) is 9.97 Å². The molecule has 14 heavy (non-hydrogen) atoms. The summed E-state index contributed by atoms with van der Waals surface area (Å²) in [7, 11) is 0. The fourth-order valence-electron chi connectivity index (χ4n) is 1.25.